The SMILES string of the molecule is CC(=O)c1cccc(NC(=O)CN2CCCC(CN)C2)c1. The number of nitrogens with zero attached hydrogens (tertiary/aromatic N) is 1. The lowest BCUT2D eigenvalue weighted by atomic mass is 9.98. The molecule has 1 unspecified atom stereocenters. The number of anilines is 1. The molecule has 1 aromatic rings. The number of piperidine rings is 1. The molecule has 1 saturated heterocycles. The molecule has 1 amide bonds. The average molecular weight is 289 g/mol. The number of hydrogen-bond donors (Lipinski definition) is 2. The van der Waals surface area contributed by atoms with E-state index in [1.165, 1.54) is 6.92 Å². The van der Waals surface area contributed by atoms with Crippen LogP contribution in [0.4, 0.5) is 5.69 Å². The smallest absolute Gasteiger partial charge is 0.238 e. The van der Waals surface area contributed by atoms with E-state index in [0.717, 1.165) is 25.9 Å². The molecule has 3 N–H and O–H groups in total. The van der Waals surface area contributed by atoms with Gasteiger partial charge < -0.3 is 11.1 Å². The van der Waals surface area contributed by atoms with Crippen LogP contribution in [0.15, 0.2) is 24.3 Å². The number of benzene rings is 1. The number of carbonyl (C=O) groups excluding carboxylic acids is 2. The maximum atomic E-state index is 12.1. The van der Waals surface area contributed by atoms with Gasteiger partial charge in [0.1, 0.15) is 0 Å². The summed E-state index contributed by atoms with van der Waals surface area (Å²) in [5, 5.41) is 2.85. The Kier molecular flexibility index (Phi) is 5.47. The third kappa shape index (κ3) is 4.65. The van der Waals surface area contributed by atoms with E-state index in [9.17, 15) is 9.59 Å². The third-order valence-corrected chi connectivity index (χ3v) is 3.86. The molecule has 1 heterocycles. The Morgan fingerprint density at radius 2 is 2.24 bits per heavy atom. The van der Waals surface area contributed by atoms with Crippen LogP contribution >= 0.6 is 0 Å². The summed E-state index contributed by atoms with van der Waals surface area (Å²) in [5.74, 6) is 0.439. The molecule has 1 aromatic carbocycles. The van der Waals surface area contributed by atoms with Crippen LogP contribution in [0, 0.1) is 5.92 Å². The number of likely N-dealkylation sites (tertiary alicyclic amines) is 1. The number of nitrogens with two attached hydrogens (primary N) is 1. The van der Waals surface area contributed by atoms with Gasteiger partial charge in [-0.2, -0.15) is 0 Å². The van der Waals surface area contributed by atoms with Crippen LogP contribution in [0.25, 0.3) is 0 Å². The van der Waals surface area contributed by atoms with Gasteiger partial charge >= 0.3 is 0 Å². The van der Waals surface area contributed by atoms with Gasteiger partial charge in [0.25, 0.3) is 0 Å². The van der Waals surface area contributed by atoms with Crippen molar-refractivity contribution in [2.24, 2.45) is 11.7 Å². The van der Waals surface area contributed by atoms with E-state index in [1.54, 1.807) is 24.3 Å². The first kappa shape index (κ1) is 15.7. The summed E-state index contributed by atoms with van der Waals surface area (Å²) in [6.45, 7) is 4.40. The fourth-order valence-corrected chi connectivity index (χ4v) is 2.71. The predicted molar refractivity (Wildman–Crippen MR) is 83.3 cm³/mol. The summed E-state index contributed by atoms with van der Waals surface area (Å²) in [6.07, 6.45) is 2.24. The normalized spacial score (nSPS) is 19.2. The number of ketones is 1. The van der Waals surface area contributed by atoms with Gasteiger partial charge in [-0.3, -0.25) is 14.5 Å². The molecule has 2 rings (SSSR count). The van der Waals surface area contributed by atoms with Crippen LogP contribution in [0.1, 0.15) is 30.1 Å². The second-order valence-electron chi connectivity index (χ2n) is 5.66. The zero-order valence-electron chi connectivity index (χ0n) is 12.5. The second-order valence-corrected chi connectivity index (χ2v) is 5.66. The lowest BCUT2D eigenvalue weighted by Crippen LogP contribution is -2.42. The van der Waals surface area contributed by atoms with Crippen LogP contribution in [-0.4, -0.2) is 42.8 Å². The van der Waals surface area contributed by atoms with Crippen LogP contribution in [0.3, 0.4) is 0 Å². The van der Waals surface area contributed by atoms with Crippen molar-refractivity contribution in [2.75, 3.05) is 31.5 Å². The Balaban J connectivity index is 1.89. The van der Waals surface area contributed by atoms with Crippen molar-refractivity contribution in [3.63, 3.8) is 0 Å². The van der Waals surface area contributed by atoms with Crippen molar-refractivity contribution in [1.29, 1.82) is 0 Å². The average Bonchev–Trinajstić information content (AvgIpc) is 2.47. The Bertz CT molecular complexity index is 516. The highest BCUT2D eigenvalue weighted by Gasteiger charge is 2.20. The van der Waals surface area contributed by atoms with E-state index in [-0.39, 0.29) is 11.7 Å². The zero-order chi connectivity index (χ0) is 15.2. The molecular weight excluding hydrogens is 266 g/mol. The Hall–Kier alpha value is -1.72. The molecule has 0 radical (unpaired) electrons. The minimum atomic E-state index is -0.0478. The Morgan fingerprint density at radius 1 is 1.43 bits per heavy atom. The number of amides is 1. The molecule has 5 nitrogen and oxygen atoms in total. The summed E-state index contributed by atoms with van der Waals surface area (Å²) in [7, 11) is 0. The number of Topliss-reactive ketones (excluding diaryl/α,β-unsaturated/α-hetero) is 1. The molecule has 0 saturated carbocycles. The summed E-state index contributed by atoms with van der Waals surface area (Å²) in [6, 6.07) is 7.02. The van der Waals surface area contributed by atoms with Crippen molar-refractivity contribution in [3.05, 3.63) is 29.8 Å². The topological polar surface area (TPSA) is 75.4 Å². The van der Waals surface area contributed by atoms with Crippen LogP contribution < -0.4 is 11.1 Å². The van der Waals surface area contributed by atoms with E-state index in [2.05, 4.69) is 10.2 Å². The van der Waals surface area contributed by atoms with Crippen molar-refractivity contribution < 1.29 is 9.59 Å². The molecule has 0 bridgehead atoms. The molecule has 5 heteroatoms. The van der Waals surface area contributed by atoms with Crippen LogP contribution in [0.2, 0.25) is 0 Å². The maximum absolute atomic E-state index is 12.1. The molecule has 0 aliphatic carbocycles. The molecule has 114 valence electrons. The number of nitrogens with one attached hydrogen (secondary N) is 1. The second kappa shape index (κ2) is 7.33. The van der Waals surface area contributed by atoms with Crippen LogP contribution in [0.5, 0.6) is 0 Å². The molecule has 0 spiro atoms. The van der Waals surface area contributed by atoms with Gasteiger partial charge in [-0.05, 0) is 50.9 Å². The third-order valence-electron chi connectivity index (χ3n) is 3.86. The van der Waals surface area contributed by atoms with Gasteiger partial charge in [0.05, 0.1) is 6.54 Å². The monoisotopic (exact) mass is 289 g/mol. The van der Waals surface area contributed by atoms with Crippen molar-refractivity contribution in [2.45, 2.75) is 19.8 Å². The summed E-state index contributed by atoms with van der Waals surface area (Å²) in [4.78, 5) is 25.6. The lowest BCUT2D eigenvalue weighted by Gasteiger charge is -2.31. The first-order chi connectivity index (χ1) is 10.1. The fraction of sp³-hybridized carbons (Fsp3) is 0.500. The van der Waals surface area contributed by atoms with E-state index in [4.69, 9.17) is 5.73 Å². The molecular formula is C16H23N3O2. The van der Waals surface area contributed by atoms with Crippen molar-refractivity contribution >= 4 is 17.4 Å². The highest BCUT2D eigenvalue weighted by atomic mass is 16.2. The number of hydrogen-bond acceptors (Lipinski definition) is 4. The van der Waals surface area contributed by atoms with E-state index < -0.39 is 0 Å². The molecule has 1 fully saturated rings. The van der Waals surface area contributed by atoms with Gasteiger partial charge in [0, 0.05) is 17.8 Å². The molecule has 0 aromatic heterocycles. The first-order valence-electron chi connectivity index (χ1n) is 7.41. The highest BCUT2D eigenvalue weighted by molar-refractivity contribution is 5.97. The maximum Gasteiger partial charge on any atom is 0.238 e. The number of carbonyl (C=O) groups is 2. The largest absolute Gasteiger partial charge is 0.330 e. The van der Waals surface area contributed by atoms with Gasteiger partial charge in [-0.25, -0.2) is 0 Å². The Morgan fingerprint density at radius 3 is 2.95 bits per heavy atom. The van der Waals surface area contributed by atoms with Gasteiger partial charge in [-0.1, -0.05) is 12.1 Å². The minimum absolute atomic E-state index is 0.00656. The van der Waals surface area contributed by atoms with Crippen molar-refractivity contribution in [3.8, 4) is 0 Å². The standard InChI is InChI=1S/C16H23N3O2/c1-12(20)14-5-2-6-15(8-14)18-16(21)11-19-7-3-4-13(9-17)10-19/h2,5-6,8,13H,3-4,7,9-11,17H2,1H3,(H,18,21). The quantitative estimate of drug-likeness (QED) is 0.805. The summed E-state index contributed by atoms with van der Waals surface area (Å²) < 4.78 is 0. The van der Waals surface area contributed by atoms with E-state index in [0.29, 0.717) is 30.3 Å². The summed E-state index contributed by atoms with van der Waals surface area (Å²) >= 11 is 0. The predicted octanol–water partition coefficient (Wildman–Crippen LogP) is 1.50. The molecule has 1 aliphatic rings. The Labute approximate surface area is 125 Å². The number of rotatable bonds is 5. The highest BCUT2D eigenvalue weighted by Crippen LogP contribution is 2.15. The van der Waals surface area contributed by atoms with Crippen molar-refractivity contribution in [1.82, 2.24) is 4.90 Å². The van der Waals surface area contributed by atoms with Crippen LogP contribution in [-0.2, 0) is 4.79 Å². The zero-order valence-corrected chi connectivity index (χ0v) is 12.5. The van der Waals surface area contributed by atoms with Gasteiger partial charge in [0.15, 0.2) is 5.78 Å². The molecule has 1 atom stereocenters. The minimum Gasteiger partial charge on any atom is -0.330 e. The summed E-state index contributed by atoms with van der Waals surface area (Å²) in [5.41, 5.74) is 6.98. The molecule has 21 heavy (non-hydrogen) atoms. The van der Waals surface area contributed by atoms with Gasteiger partial charge in [0.2, 0.25) is 5.91 Å². The first-order valence-corrected chi connectivity index (χ1v) is 7.41. The molecule has 1 aliphatic heterocycles. The fourth-order valence-electron chi connectivity index (χ4n) is 2.71. The van der Waals surface area contributed by atoms with E-state index in [1.807, 2.05) is 0 Å². The van der Waals surface area contributed by atoms with E-state index >= 15 is 0 Å². The lowest BCUT2D eigenvalue weighted by molar-refractivity contribution is -0.117. The van der Waals surface area contributed by atoms with Gasteiger partial charge in [-0.15, -0.1) is 0 Å².